The topological polar surface area (TPSA) is 59.1 Å². The standard InChI is InChI=1S/C18H27N5O2/c1-20-7-13-23(14-8-20)19-17(24)18(25)22-11-9-21(10-12-22)15-16-5-3-2-4-6-16/h2-6H,7-15H2,1H3,(H,19,24). The molecule has 1 aromatic rings. The molecule has 136 valence electrons. The minimum atomic E-state index is -0.513. The number of carbonyl (C=O) groups is 2. The summed E-state index contributed by atoms with van der Waals surface area (Å²) in [5.74, 6) is -0.931. The molecule has 2 aliphatic rings. The van der Waals surface area contributed by atoms with E-state index in [9.17, 15) is 9.59 Å². The minimum absolute atomic E-state index is 0.418. The Bertz CT molecular complexity index is 578. The van der Waals surface area contributed by atoms with E-state index in [0.717, 1.165) is 45.8 Å². The lowest BCUT2D eigenvalue weighted by Gasteiger charge is -2.35. The predicted molar refractivity (Wildman–Crippen MR) is 95.5 cm³/mol. The Labute approximate surface area is 149 Å². The van der Waals surface area contributed by atoms with Crippen LogP contribution in [0.15, 0.2) is 30.3 Å². The molecule has 0 saturated carbocycles. The van der Waals surface area contributed by atoms with Crippen molar-refractivity contribution in [2.75, 3.05) is 59.4 Å². The molecule has 7 heteroatoms. The maximum absolute atomic E-state index is 12.4. The van der Waals surface area contributed by atoms with Gasteiger partial charge in [0.25, 0.3) is 0 Å². The van der Waals surface area contributed by atoms with Gasteiger partial charge >= 0.3 is 11.8 Å². The molecule has 0 unspecified atom stereocenters. The van der Waals surface area contributed by atoms with Crippen LogP contribution in [0.4, 0.5) is 0 Å². The van der Waals surface area contributed by atoms with Gasteiger partial charge in [-0.3, -0.25) is 19.9 Å². The van der Waals surface area contributed by atoms with Crippen LogP contribution in [0.5, 0.6) is 0 Å². The number of piperazine rings is 2. The zero-order valence-electron chi connectivity index (χ0n) is 14.9. The fourth-order valence-electron chi connectivity index (χ4n) is 3.20. The number of carbonyl (C=O) groups excluding carboxylic acids is 2. The van der Waals surface area contributed by atoms with Gasteiger partial charge in [0.05, 0.1) is 0 Å². The highest BCUT2D eigenvalue weighted by Gasteiger charge is 2.27. The first-order chi connectivity index (χ1) is 12.1. The molecule has 0 radical (unpaired) electrons. The first-order valence-electron chi connectivity index (χ1n) is 8.91. The Morgan fingerprint density at radius 3 is 2.20 bits per heavy atom. The van der Waals surface area contributed by atoms with E-state index >= 15 is 0 Å². The Hall–Kier alpha value is -1.96. The van der Waals surface area contributed by atoms with Crippen molar-refractivity contribution in [3.63, 3.8) is 0 Å². The average molecular weight is 345 g/mol. The van der Waals surface area contributed by atoms with E-state index in [4.69, 9.17) is 0 Å². The number of nitrogens with one attached hydrogen (secondary N) is 1. The van der Waals surface area contributed by atoms with Crippen molar-refractivity contribution in [2.24, 2.45) is 0 Å². The molecule has 0 aromatic heterocycles. The molecular formula is C18H27N5O2. The summed E-state index contributed by atoms with van der Waals surface area (Å²) in [7, 11) is 2.05. The van der Waals surface area contributed by atoms with Gasteiger partial charge in [-0.15, -0.1) is 0 Å². The van der Waals surface area contributed by atoms with E-state index in [2.05, 4.69) is 34.4 Å². The first-order valence-corrected chi connectivity index (χ1v) is 8.91. The molecule has 2 heterocycles. The van der Waals surface area contributed by atoms with Crippen molar-refractivity contribution in [2.45, 2.75) is 6.54 Å². The van der Waals surface area contributed by atoms with Gasteiger partial charge in [-0.2, -0.15) is 0 Å². The monoisotopic (exact) mass is 345 g/mol. The van der Waals surface area contributed by atoms with Crippen LogP contribution in [0, 0.1) is 0 Å². The largest absolute Gasteiger partial charge is 0.332 e. The molecule has 0 atom stereocenters. The van der Waals surface area contributed by atoms with Crippen molar-refractivity contribution in [3.05, 3.63) is 35.9 Å². The zero-order valence-corrected chi connectivity index (χ0v) is 14.9. The average Bonchev–Trinajstić information content (AvgIpc) is 2.64. The molecule has 2 fully saturated rings. The van der Waals surface area contributed by atoms with Crippen LogP contribution in [0.1, 0.15) is 5.56 Å². The summed E-state index contributed by atoms with van der Waals surface area (Å²) < 4.78 is 0. The number of nitrogens with zero attached hydrogens (tertiary/aromatic N) is 4. The van der Waals surface area contributed by atoms with Gasteiger partial charge in [-0.1, -0.05) is 30.3 Å². The lowest BCUT2D eigenvalue weighted by molar-refractivity contribution is -0.150. The Morgan fingerprint density at radius 2 is 1.56 bits per heavy atom. The third-order valence-corrected chi connectivity index (χ3v) is 4.87. The van der Waals surface area contributed by atoms with Crippen LogP contribution in [0.25, 0.3) is 0 Å². The van der Waals surface area contributed by atoms with Gasteiger partial charge in [0, 0.05) is 58.9 Å². The minimum Gasteiger partial charge on any atom is -0.332 e. The molecule has 2 aliphatic heterocycles. The Morgan fingerprint density at radius 1 is 0.920 bits per heavy atom. The summed E-state index contributed by atoms with van der Waals surface area (Å²) in [4.78, 5) is 30.7. The molecule has 0 spiro atoms. The van der Waals surface area contributed by atoms with Crippen LogP contribution in [0.2, 0.25) is 0 Å². The number of amides is 2. The summed E-state index contributed by atoms with van der Waals surface area (Å²) in [6.07, 6.45) is 0. The third kappa shape index (κ3) is 5.01. The highest BCUT2D eigenvalue weighted by atomic mass is 16.2. The van der Waals surface area contributed by atoms with Gasteiger partial charge in [0.1, 0.15) is 0 Å². The number of hydrogen-bond donors (Lipinski definition) is 1. The van der Waals surface area contributed by atoms with Crippen LogP contribution in [0.3, 0.4) is 0 Å². The van der Waals surface area contributed by atoms with Crippen molar-refractivity contribution < 1.29 is 9.59 Å². The maximum Gasteiger partial charge on any atom is 0.323 e. The van der Waals surface area contributed by atoms with E-state index in [1.54, 1.807) is 4.90 Å². The molecule has 3 rings (SSSR count). The molecule has 25 heavy (non-hydrogen) atoms. The molecule has 1 N–H and O–H groups in total. The number of benzene rings is 1. The quantitative estimate of drug-likeness (QED) is 0.756. The van der Waals surface area contributed by atoms with E-state index in [0.29, 0.717) is 13.1 Å². The summed E-state index contributed by atoms with van der Waals surface area (Å²) in [6, 6.07) is 10.3. The van der Waals surface area contributed by atoms with Crippen LogP contribution in [-0.4, -0.2) is 90.9 Å². The van der Waals surface area contributed by atoms with Gasteiger partial charge in [0.2, 0.25) is 0 Å². The number of hydrogen-bond acceptors (Lipinski definition) is 5. The van der Waals surface area contributed by atoms with Gasteiger partial charge in [-0.05, 0) is 12.6 Å². The SMILES string of the molecule is CN1CCN(NC(=O)C(=O)N2CCN(Cc3ccccc3)CC2)CC1. The van der Waals surface area contributed by atoms with E-state index in [-0.39, 0.29) is 0 Å². The van der Waals surface area contributed by atoms with Crippen LogP contribution < -0.4 is 5.43 Å². The number of hydrazine groups is 1. The highest BCUT2D eigenvalue weighted by molar-refractivity contribution is 6.34. The molecule has 2 saturated heterocycles. The molecule has 0 aliphatic carbocycles. The van der Waals surface area contributed by atoms with Gasteiger partial charge in [0.15, 0.2) is 0 Å². The summed E-state index contributed by atoms with van der Waals surface area (Å²) in [6.45, 7) is 6.96. The third-order valence-electron chi connectivity index (χ3n) is 4.87. The fraction of sp³-hybridized carbons (Fsp3) is 0.556. The van der Waals surface area contributed by atoms with E-state index in [1.807, 2.05) is 23.2 Å². The fourth-order valence-corrected chi connectivity index (χ4v) is 3.20. The number of rotatable bonds is 3. The zero-order chi connectivity index (χ0) is 17.6. The lowest BCUT2D eigenvalue weighted by Crippen LogP contribution is -2.57. The van der Waals surface area contributed by atoms with E-state index < -0.39 is 11.8 Å². The Balaban J connectivity index is 1.42. The van der Waals surface area contributed by atoms with Crippen molar-refractivity contribution >= 4 is 11.8 Å². The molecule has 2 amide bonds. The second-order valence-electron chi connectivity index (χ2n) is 6.79. The summed E-state index contributed by atoms with van der Waals surface area (Å²) >= 11 is 0. The number of likely N-dealkylation sites (N-methyl/N-ethyl adjacent to an activating group) is 1. The highest BCUT2D eigenvalue weighted by Crippen LogP contribution is 2.08. The Kier molecular flexibility index (Phi) is 6.01. The molecule has 1 aromatic carbocycles. The second-order valence-corrected chi connectivity index (χ2v) is 6.79. The van der Waals surface area contributed by atoms with Crippen molar-refractivity contribution in [1.29, 1.82) is 0 Å². The molecular weight excluding hydrogens is 318 g/mol. The summed E-state index contributed by atoms with van der Waals surface area (Å²) in [5, 5.41) is 1.84. The predicted octanol–water partition coefficient (Wildman–Crippen LogP) is -0.391. The van der Waals surface area contributed by atoms with Crippen LogP contribution in [-0.2, 0) is 16.1 Å². The lowest BCUT2D eigenvalue weighted by atomic mass is 10.2. The second kappa shape index (κ2) is 8.42. The summed E-state index contributed by atoms with van der Waals surface area (Å²) in [5.41, 5.74) is 4.02. The van der Waals surface area contributed by atoms with Crippen molar-refractivity contribution in [1.82, 2.24) is 25.1 Å². The first kappa shape index (κ1) is 17.8. The normalized spacial score (nSPS) is 20.4. The van der Waals surface area contributed by atoms with Crippen LogP contribution >= 0.6 is 0 Å². The molecule has 0 bridgehead atoms. The smallest absolute Gasteiger partial charge is 0.323 e. The van der Waals surface area contributed by atoms with Gasteiger partial charge < -0.3 is 9.80 Å². The molecule has 7 nitrogen and oxygen atoms in total. The van der Waals surface area contributed by atoms with Gasteiger partial charge in [-0.25, -0.2) is 5.01 Å². The van der Waals surface area contributed by atoms with Crippen molar-refractivity contribution in [3.8, 4) is 0 Å². The maximum atomic E-state index is 12.4. The van der Waals surface area contributed by atoms with E-state index in [1.165, 1.54) is 5.56 Å².